The molecule has 1 heterocycles. The lowest BCUT2D eigenvalue weighted by molar-refractivity contribution is -0.117. The molecule has 3 aromatic rings. The fraction of sp³-hybridized carbons (Fsp3) is 0.238. The predicted molar refractivity (Wildman–Crippen MR) is 103 cm³/mol. The van der Waals surface area contributed by atoms with Crippen LogP contribution >= 0.6 is 0 Å². The average molecular weight is 349 g/mol. The number of nitrogens with zero attached hydrogens (tertiary/aromatic N) is 1. The second kappa shape index (κ2) is 7.54. The Balaban J connectivity index is 1.68. The summed E-state index contributed by atoms with van der Waals surface area (Å²) < 4.78 is 0. The molecule has 0 aliphatic heterocycles. The maximum Gasteiger partial charge on any atom is 0.292 e. The first-order valence-electron chi connectivity index (χ1n) is 8.58. The fourth-order valence-corrected chi connectivity index (χ4v) is 3.07. The number of carbonyl (C=O) groups is 2. The van der Waals surface area contributed by atoms with Gasteiger partial charge in [-0.1, -0.05) is 42.5 Å². The van der Waals surface area contributed by atoms with Crippen LogP contribution in [-0.4, -0.2) is 35.7 Å². The van der Waals surface area contributed by atoms with Crippen molar-refractivity contribution in [1.82, 2.24) is 15.2 Å². The van der Waals surface area contributed by atoms with Gasteiger partial charge < -0.3 is 15.2 Å². The number of carbonyl (C=O) groups excluding carboxylic acids is 2. The van der Waals surface area contributed by atoms with Crippen LogP contribution in [0, 0.1) is 6.92 Å². The van der Waals surface area contributed by atoms with Crippen LogP contribution in [-0.2, 0) is 17.9 Å². The van der Waals surface area contributed by atoms with E-state index in [9.17, 15) is 9.59 Å². The van der Waals surface area contributed by atoms with E-state index in [1.807, 2.05) is 69.6 Å². The minimum absolute atomic E-state index is 0.328. The molecule has 0 radical (unpaired) electrons. The molecule has 134 valence electrons. The Morgan fingerprint density at radius 3 is 2.35 bits per heavy atom. The summed E-state index contributed by atoms with van der Waals surface area (Å²) >= 11 is 0. The first-order chi connectivity index (χ1) is 12.5. The van der Waals surface area contributed by atoms with Crippen molar-refractivity contribution >= 4 is 22.6 Å². The second-order valence-corrected chi connectivity index (χ2v) is 6.74. The van der Waals surface area contributed by atoms with Gasteiger partial charge in [-0.2, -0.15) is 0 Å². The van der Waals surface area contributed by atoms with Crippen molar-refractivity contribution in [2.75, 3.05) is 14.1 Å². The first-order valence-corrected chi connectivity index (χ1v) is 8.58. The van der Waals surface area contributed by atoms with Crippen LogP contribution in [0.15, 0.2) is 48.5 Å². The molecule has 5 heteroatoms. The van der Waals surface area contributed by atoms with E-state index in [1.54, 1.807) is 0 Å². The first kappa shape index (κ1) is 17.9. The molecule has 26 heavy (non-hydrogen) atoms. The van der Waals surface area contributed by atoms with Gasteiger partial charge >= 0.3 is 0 Å². The van der Waals surface area contributed by atoms with Gasteiger partial charge in [-0.25, -0.2) is 0 Å². The number of amides is 1. The number of aromatic amines is 1. The van der Waals surface area contributed by atoms with Gasteiger partial charge in [-0.15, -0.1) is 0 Å². The van der Waals surface area contributed by atoms with Crippen LogP contribution in [0.1, 0.15) is 27.2 Å². The van der Waals surface area contributed by atoms with E-state index >= 15 is 0 Å². The molecule has 0 aliphatic carbocycles. The molecule has 0 spiro atoms. The smallest absolute Gasteiger partial charge is 0.292 e. The minimum Gasteiger partial charge on any atom is -0.358 e. The number of hydrogen-bond acceptors (Lipinski definition) is 3. The highest BCUT2D eigenvalue weighted by Crippen LogP contribution is 2.22. The molecule has 5 nitrogen and oxygen atoms in total. The van der Waals surface area contributed by atoms with E-state index in [0.29, 0.717) is 17.8 Å². The molecular weight excluding hydrogens is 326 g/mol. The Hall–Kier alpha value is -2.92. The lowest BCUT2D eigenvalue weighted by Gasteiger charge is -2.10. The van der Waals surface area contributed by atoms with E-state index in [2.05, 4.69) is 15.2 Å². The number of fused-ring (bicyclic) bond motifs is 1. The van der Waals surface area contributed by atoms with Gasteiger partial charge in [-0.3, -0.25) is 9.59 Å². The summed E-state index contributed by atoms with van der Waals surface area (Å²) in [5, 5.41) is 3.50. The maximum atomic E-state index is 12.6. The number of aromatic nitrogens is 1. The van der Waals surface area contributed by atoms with Crippen molar-refractivity contribution in [3.8, 4) is 0 Å². The summed E-state index contributed by atoms with van der Waals surface area (Å²) in [7, 11) is 4.04. The molecule has 0 fully saturated rings. The molecule has 0 saturated heterocycles. The molecule has 1 amide bonds. The number of ketones is 1. The van der Waals surface area contributed by atoms with E-state index in [4.69, 9.17) is 0 Å². The molecule has 3 rings (SSSR count). The Morgan fingerprint density at radius 2 is 1.65 bits per heavy atom. The standard InChI is InChI=1S/C21H23N3O2/c1-14-19(17-6-4-5-7-18(17)23-14)20(25)21(26)22-12-15-8-10-16(11-9-15)13-24(2)3/h4-11,23H,12-13H2,1-3H3,(H,22,26). The lowest BCUT2D eigenvalue weighted by atomic mass is 10.1. The van der Waals surface area contributed by atoms with Crippen LogP contribution in [0.25, 0.3) is 10.9 Å². The van der Waals surface area contributed by atoms with Gasteiger partial charge in [0.05, 0.1) is 5.56 Å². The zero-order chi connectivity index (χ0) is 18.7. The fourth-order valence-electron chi connectivity index (χ4n) is 3.07. The summed E-state index contributed by atoms with van der Waals surface area (Å²) in [4.78, 5) is 30.2. The van der Waals surface area contributed by atoms with Crippen LogP contribution in [0.2, 0.25) is 0 Å². The lowest BCUT2D eigenvalue weighted by Crippen LogP contribution is -2.30. The van der Waals surface area contributed by atoms with E-state index in [0.717, 1.165) is 23.0 Å². The Labute approximate surface area is 153 Å². The summed E-state index contributed by atoms with van der Waals surface area (Å²) in [5.41, 5.74) is 4.18. The zero-order valence-electron chi connectivity index (χ0n) is 15.3. The molecule has 0 unspecified atom stereocenters. The maximum absolute atomic E-state index is 12.6. The number of Topliss-reactive ketones (excluding diaryl/α,β-unsaturated/α-hetero) is 1. The number of para-hydroxylation sites is 1. The third-order valence-electron chi connectivity index (χ3n) is 4.30. The van der Waals surface area contributed by atoms with Crippen molar-refractivity contribution in [3.05, 3.63) is 70.9 Å². The number of nitrogens with one attached hydrogen (secondary N) is 2. The van der Waals surface area contributed by atoms with Gasteiger partial charge in [0.2, 0.25) is 0 Å². The quantitative estimate of drug-likeness (QED) is 0.531. The molecule has 1 aromatic heterocycles. The third kappa shape index (κ3) is 3.83. The van der Waals surface area contributed by atoms with E-state index in [-0.39, 0.29) is 0 Å². The largest absolute Gasteiger partial charge is 0.358 e. The minimum atomic E-state index is -0.588. The number of hydrogen-bond donors (Lipinski definition) is 2. The Morgan fingerprint density at radius 1 is 1.00 bits per heavy atom. The Kier molecular flexibility index (Phi) is 5.19. The van der Waals surface area contributed by atoms with Crippen molar-refractivity contribution in [3.63, 3.8) is 0 Å². The molecular formula is C21H23N3O2. The van der Waals surface area contributed by atoms with Gasteiger partial charge in [-0.05, 0) is 38.2 Å². The van der Waals surface area contributed by atoms with Crippen molar-refractivity contribution in [1.29, 1.82) is 0 Å². The summed E-state index contributed by atoms with van der Waals surface area (Å²) in [6.07, 6.45) is 0. The van der Waals surface area contributed by atoms with E-state index < -0.39 is 11.7 Å². The van der Waals surface area contributed by atoms with Gasteiger partial charge in [0.1, 0.15) is 0 Å². The topological polar surface area (TPSA) is 65.2 Å². The highest BCUT2D eigenvalue weighted by molar-refractivity contribution is 6.45. The van der Waals surface area contributed by atoms with Crippen LogP contribution < -0.4 is 5.32 Å². The van der Waals surface area contributed by atoms with Crippen LogP contribution in [0.4, 0.5) is 0 Å². The Bertz CT molecular complexity index is 940. The van der Waals surface area contributed by atoms with Crippen molar-refractivity contribution in [2.24, 2.45) is 0 Å². The number of aryl methyl sites for hydroxylation is 1. The highest BCUT2D eigenvalue weighted by atomic mass is 16.2. The third-order valence-corrected chi connectivity index (χ3v) is 4.30. The van der Waals surface area contributed by atoms with E-state index in [1.165, 1.54) is 5.56 Å². The molecule has 0 bridgehead atoms. The zero-order valence-corrected chi connectivity index (χ0v) is 15.3. The van der Waals surface area contributed by atoms with Crippen molar-refractivity contribution < 1.29 is 9.59 Å². The molecule has 2 N–H and O–H groups in total. The number of rotatable bonds is 6. The summed E-state index contributed by atoms with van der Waals surface area (Å²) in [6.45, 7) is 3.00. The van der Waals surface area contributed by atoms with Crippen LogP contribution in [0.5, 0.6) is 0 Å². The summed E-state index contributed by atoms with van der Waals surface area (Å²) in [5.74, 6) is -1.10. The average Bonchev–Trinajstić information content (AvgIpc) is 2.95. The van der Waals surface area contributed by atoms with Crippen molar-refractivity contribution in [2.45, 2.75) is 20.0 Å². The van der Waals surface area contributed by atoms with Gasteiger partial charge in [0, 0.05) is 29.7 Å². The molecule has 0 atom stereocenters. The monoisotopic (exact) mass is 349 g/mol. The molecule has 0 aliphatic rings. The number of H-pyrrole nitrogens is 1. The van der Waals surface area contributed by atoms with Crippen LogP contribution in [0.3, 0.4) is 0 Å². The normalized spacial score (nSPS) is 11.1. The highest BCUT2D eigenvalue weighted by Gasteiger charge is 2.22. The molecule has 0 saturated carbocycles. The summed E-state index contributed by atoms with van der Waals surface area (Å²) in [6, 6.07) is 15.5. The predicted octanol–water partition coefficient (Wildman–Crippen LogP) is 3.04. The second-order valence-electron chi connectivity index (χ2n) is 6.74. The number of benzene rings is 2. The SMILES string of the molecule is Cc1[nH]c2ccccc2c1C(=O)C(=O)NCc1ccc(CN(C)C)cc1. The van der Waals surface area contributed by atoms with Gasteiger partial charge in [0.25, 0.3) is 11.7 Å². The molecule has 2 aromatic carbocycles. The van der Waals surface area contributed by atoms with Gasteiger partial charge in [0.15, 0.2) is 0 Å².